The van der Waals surface area contributed by atoms with Crippen molar-refractivity contribution in [1.82, 2.24) is 10.5 Å². The summed E-state index contributed by atoms with van der Waals surface area (Å²) in [6.45, 7) is 1.45. The molecule has 114 valence electrons. The lowest BCUT2D eigenvalue weighted by Gasteiger charge is -2.11. The molecule has 21 heavy (non-hydrogen) atoms. The molecule has 1 heterocycles. The fourth-order valence-corrected chi connectivity index (χ4v) is 1.92. The first-order chi connectivity index (χ1) is 10.3. The second-order valence-corrected chi connectivity index (χ2v) is 4.51. The first-order valence-corrected chi connectivity index (χ1v) is 6.64. The molecule has 0 aliphatic heterocycles. The maximum absolute atomic E-state index is 5.83. The Morgan fingerprint density at radius 2 is 2.05 bits per heavy atom. The van der Waals surface area contributed by atoms with E-state index in [9.17, 15) is 0 Å². The van der Waals surface area contributed by atoms with Crippen LogP contribution in [0, 0.1) is 0 Å². The van der Waals surface area contributed by atoms with E-state index in [0.29, 0.717) is 25.5 Å². The van der Waals surface area contributed by atoms with Gasteiger partial charge < -0.3 is 24.1 Å². The van der Waals surface area contributed by atoms with E-state index >= 15 is 0 Å². The summed E-state index contributed by atoms with van der Waals surface area (Å²) in [4.78, 5) is 0. The summed E-state index contributed by atoms with van der Waals surface area (Å²) in [5.74, 6) is 2.20. The number of nitrogens with one attached hydrogen (secondary N) is 1. The van der Waals surface area contributed by atoms with Gasteiger partial charge in [-0.1, -0.05) is 11.2 Å². The van der Waals surface area contributed by atoms with Gasteiger partial charge in [-0.3, -0.25) is 0 Å². The SMILES string of the molecule is CNCc1ccc(OC)cc1OCc1cc(COC)on1. The topological polar surface area (TPSA) is 65.8 Å². The van der Waals surface area contributed by atoms with Gasteiger partial charge in [0.1, 0.15) is 30.4 Å². The van der Waals surface area contributed by atoms with Crippen LogP contribution in [0.2, 0.25) is 0 Å². The summed E-state index contributed by atoms with van der Waals surface area (Å²) < 4.78 is 21.2. The third-order valence-electron chi connectivity index (χ3n) is 2.91. The molecule has 0 atom stereocenters. The molecule has 0 saturated heterocycles. The predicted octanol–water partition coefficient (Wildman–Crippen LogP) is 2.13. The molecule has 0 unspecified atom stereocenters. The third-order valence-corrected chi connectivity index (χ3v) is 2.91. The van der Waals surface area contributed by atoms with Crippen LogP contribution in [-0.2, 0) is 24.5 Å². The second-order valence-electron chi connectivity index (χ2n) is 4.51. The predicted molar refractivity (Wildman–Crippen MR) is 77.3 cm³/mol. The average molecular weight is 292 g/mol. The molecule has 0 fully saturated rings. The maximum Gasteiger partial charge on any atom is 0.162 e. The van der Waals surface area contributed by atoms with E-state index in [2.05, 4.69) is 10.5 Å². The van der Waals surface area contributed by atoms with Crippen molar-refractivity contribution in [3.8, 4) is 11.5 Å². The standard InChI is InChI=1S/C15H20N2O4/c1-16-8-11-4-5-13(19-3)7-15(11)20-9-12-6-14(10-18-2)21-17-12/h4-7,16H,8-10H2,1-3H3. The van der Waals surface area contributed by atoms with Gasteiger partial charge in [0.15, 0.2) is 5.76 Å². The number of methoxy groups -OCH3 is 2. The largest absolute Gasteiger partial charge is 0.497 e. The normalized spacial score (nSPS) is 10.6. The maximum atomic E-state index is 5.83. The van der Waals surface area contributed by atoms with Crippen LogP contribution in [0.5, 0.6) is 11.5 Å². The number of benzene rings is 1. The fraction of sp³-hybridized carbons (Fsp3) is 0.400. The summed E-state index contributed by atoms with van der Waals surface area (Å²) in [6, 6.07) is 7.57. The lowest BCUT2D eigenvalue weighted by Crippen LogP contribution is -2.08. The van der Waals surface area contributed by atoms with Crippen molar-refractivity contribution in [2.75, 3.05) is 21.3 Å². The zero-order valence-electron chi connectivity index (χ0n) is 12.5. The molecule has 1 N–H and O–H groups in total. The quantitative estimate of drug-likeness (QED) is 0.804. The number of rotatable bonds is 8. The van der Waals surface area contributed by atoms with E-state index in [0.717, 1.165) is 22.8 Å². The minimum Gasteiger partial charge on any atom is -0.497 e. The molecule has 2 aromatic rings. The Balaban J connectivity index is 2.06. The van der Waals surface area contributed by atoms with Gasteiger partial charge in [-0.15, -0.1) is 0 Å². The van der Waals surface area contributed by atoms with Crippen LogP contribution in [0.3, 0.4) is 0 Å². The van der Waals surface area contributed by atoms with Gasteiger partial charge in [-0.2, -0.15) is 0 Å². The Kier molecular flexibility index (Phi) is 5.59. The number of ether oxygens (including phenoxy) is 3. The minimum atomic E-state index is 0.330. The summed E-state index contributed by atoms with van der Waals surface area (Å²) in [7, 11) is 5.13. The molecule has 0 amide bonds. The Morgan fingerprint density at radius 1 is 1.19 bits per heavy atom. The summed E-state index contributed by atoms with van der Waals surface area (Å²) in [6.07, 6.45) is 0. The van der Waals surface area contributed by atoms with Crippen LogP contribution < -0.4 is 14.8 Å². The first kappa shape index (κ1) is 15.3. The van der Waals surface area contributed by atoms with E-state index < -0.39 is 0 Å². The van der Waals surface area contributed by atoms with Gasteiger partial charge >= 0.3 is 0 Å². The number of hydrogen-bond donors (Lipinski definition) is 1. The zero-order valence-corrected chi connectivity index (χ0v) is 12.5. The number of nitrogens with zero attached hydrogens (tertiary/aromatic N) is 1. The van der Waals surface area contributed by atoms with E-state index in [-0.39, 0.29) is 0 Å². The first-order valence-electron chi connectivity index (χ1n) is 6.64. The van der Waals surface area contributed by atoms with Gasteiger partial charge in [0.2, 0.25) is 0 Å². The summed E-state index contributed by atoms with van der Waals surface area (Å²) in [5.41, 5.74) is 1.78. The van der Waals surface area contributed by atoms with Crippen LogP contribution in [0.25, 0.3) is 0 Å². The molecular formula is C15H20N2O4. The summed E-state index contributed by atoms with van der Waals surface area (Å²) >= 11 is 0. The van der Waals surface area contributed by atoms with Crippen molar-refractivity contribution in [2.45, 2.75) is 19.8 Å². The molecule has 0 aliphatic carbocycles. The van der Waals surface area contributed by atoms with Crippen molar-refractivity contribution in [3.63, 3.8) is 0 Å². The molecule has 0 radical (unpaired) electrons. The second kappa shape index (κ2) is 7.66. The highest BCUT2D eigenvalue weighted by molar-refractivity contribution is 5.40. The van der Waals surface area contributed by atoms with Crippen LogP contribution in [0.4, 0.5) is 0 Å². The van der Waals surface area contributed by atoms with Crippen molar-refractivity contribution >= 4 is 0 Å². The lowest BCUT2D eigenvalue weighted by molar-refractivity contribution is 0.155. The Labute approximate surface area is 124 Å². The van der Waals surface area contributed by atoms with Gasteiger partial charge in [-0.25, -0.2) is 0 Å². The summed E-state index contributed by atoms with van der Waals surface area (Å²) in [5, 5.41) is 7.05. The van der Waals surface area contributed by atoms with Crippen LogP contribution in [-0.4, -0.2) is 26.4 Å². The van der Waals surface area contributed by atoms with Crippen molar-refractivity contribution in [2.24, 2.45) is 0 Å². The molecule has 6 nitrogen and oxygen atoms in total. The van der Waals surface area contributed by atoms with Crippen molar-refractivity contribution < 1.29 is 18.7 Å². The molecule has 0 saturated carbocycles. The van der Waals surface area contributed by atoms with Gasteiger partial charge in [-0.05, 0) is 13.1 Å². The highest BCUT2D eigenvalue weighted by Gasteiger charge is 2.08. The highest BCUT2D eigenvalue weighted by Crippen LogP contribution is 2.25. The average Bonchev–Trinajstić information content (AvgIpc) is 2.94. The van der Waals surface area contributed by atoms with E-state index in [1.54, 1.807) is 14.2 Å². The molecular weight excluding hydrogens is 272 g/mol. The molecule has 0 spiro atoms. The zero-order chi connectivity index (χ0) is 15.1. The number of aromatic nitrogens is 1. The smallest absolute Gasteiger partial charge is 0.162 e. The molecule has 1 aromatic heterocycles. The molecule has 6 heteroatoms. The van der Waals surface area contributed by atoms with E-state index in [1.165, 1.54) is 0 Å². The highest BCUT2D eigenvalue weighted by atomic mass is 16.5. The Morgan fingerprint density at radius 3 is 2.76 bits per heavy atom. The molecule has 1 aromatic carbocycles. The van der Waals surface area contributed by atoms with Crippen LogP contribution in [0.15, 0.2) is 28.8 Å². The van der Waals surface area contributed by atoms with E-state index in [4.69, 9.17) is 18.7 Å². The van der Waals surface area contributed by atoms with E-state index in [1.807, 2.05) is 31.3 Å². The Hall–Kier alpha value is -2.05. The fourth-order valence-electron chi connectivity index (χ4n) is 1.92. The number of hydrogen-bond acceptors (Lipinski definition) is 6. The van der Waals surface area contributed by atoms with Gasteiger partial charge in [0.05, 0.1) is 7.11 Å². The minimum absolute atomic E-state index is 0.330. The van der Waals surface area contributed by atoms with Crippen molar-refractivity contribution in [3.05, 3.63) is 41.3 Å². The van der Waals surface area contributed by atoms with Crippen LogP contribution in [0.1, 0.15) is 17.0 Å². The molecule has 2 rings (SSSR count). The lowest BCUT2D eigenvalue weighted by atomic mass is 10.2. The molecule has 0 aliphatic rings. The van der Waals surface area contributed by atoms with Gasteiger partial charge in [0, 0.05) is 31.4 Å². The van der Waals surface area contributed by atoms with Crippen molar-refractivity contribution in [1.29, 1.82) is 0 Å². The van der Waals surface area contributed by atoms with Crippen LogP contribution >= 0.6 is 0 Å². The molecule has 0 bridgehead atoms. The third kappa shape index (κ3) is 4.21. The monoisotopic (exact) mass is 292 g/mol. The van der Waals surface area contributed by atoms with Gasteiger partial charge in [0.25, 0.3) is 0 Å². The Bertz CT molecular complexity index is 569.